The van der Waals surface area contributed by atoms with E-state index in [9.17, 15) is 9.90 Å². The van der Waals surface area contributed by atoms with Gasteiger partial charge in [0.25, 0.3) is 0 Å². The van der Waals surface area contributed by atoms with Gasteiger partial charge in [-0.05, 0) is 81.3 Å². The van der Waals surface area contributed by atoms with Gasteiger partial charge in [-0.15, -0.1) is 6.42 Å². The number of carbonyl (C=O) groups excluding carboxylic acids is 1. The molecule has 42 heavy (non-hydrogen) atoms. The number of aromatic hydroxyl groups is 1. The fourth-order valence-electron chi connectivity index (χ4n) is 3.00. The first-order valence-electron chi connectivity index (χ1n) is 12.6. The van der Waals surface area contributed by atoms with E-state index in [2.05, 4.69) is 171 Å². The first-order valence-corrected chi connectivity index (χ1v) is 12.6. The zero-order valence-corrected chi connectivity index (χ0v) is 24.5. The number of carbonyl (C=O) groups is 1. The number of phenolic OH excluding ortho intramolecular Hbond substituents is 1. The molecule has 1 amide bonds. The van der Waals surface area contributed by atoms with E-state index >= 15 is 0 Å². The molecule has 0 unspecified atom stereocenters. The zero-order chi connectivity index (χ0) is 31.3. The molecule has 0 atom stereocenters. The van der Waals surface area contributed by atoms with Gasteiger partial charge in [-0.2, -0.15) is 0 Å². The van der Waals surface area contributed by atoms with E-state index in [-0.39, 0.29) is 23.2 Å². The van der Waals surface area contributed by atoms with Gasteiger partial charge < -0.3 is 5.11 Å². The molecule has 1 aromatic rings. The lowest BCUT2D eigenvalue weighted by Gasteiger charge is -2.28. The summed E-state index contributed by atoms with van der Waals surface area (Å²) in [6.45, 7) is 12.3. The molecule has 0 aliphatic carbocycles. The van der Waals surface area contributed by atoms with Crippen LogP contribution >= 0.6 is 0 Å². The number of hydrogen-bond acceptors (Lipinski definition) is 2. The quantitative estimate of drug-likeness (QED) is 0.454. The fraction of sp³-hybridized carbons (Fsp3) is 0.256. The van der Waals surface area contributed by atoms with Crippen molar-refractivity contribution >= 4 is 5.91 Å². The molecule has 0 bridgehead atoms. The molecule has 0 aliphatic heterocycles. The Kier molecular flexibility index (Phi) is 14.5. The maximum absolute atomic E-state index is 12.2. The molecule has 0 radical (unpaired) electrons. The van der Waals surface area contributed by atoms with Crippen LogP contribution in [0.15, 0.2) is 12.1 Å². The van der Waals surface area contributed by atoms with Crippen LogP contribution in [-0.4, -0.2) is 11.0 Å². The predicted molar refractivity (Wildman–Crippen MR) is 169 cm³/mol. The molecule has 200 valence electrons. The van der Waals surface area contributed by atoms with Crippen molar-refractivity contribution in [1.29, 1.82) is 0 Å². The highest BCUT2D eigenvalue weighted by Gasteiger charge is 2.26. The Hall–Kier alpha value is -6.35. The van der Waals surface area contributed by atoms with E-state index in [1.54, 1.807) is 0 Å². The summed E-state index contributed by atoms with van der Waals surface area (Å²) in [5, 5.41) is 13.4. The maximum Gasteiger partial charge on any atom is 0.231 e. The zero-order valence-electron chi connectivity index (χ0n) is 24.5. The summed E-state index contributed by atoms with van der Waals surface area (Å²) >= 11 is 0. The van der Waals surface area contributed by atoms with Crippen molar-refractivity contribution in [2.45, 2.75) is 65.2 Å². The third kappa shape index (κ3) is 14.6. The summed E-state index contributed by atoms with van der Waals surface area (Å²) < 4.78 is 0. The van der Waals surface area contributed by atoms with Gasteiger partial charge in [-0.1, -0.05) is 53.7 Å². The number of benzene rings is 1. The Morgan fingerprint density at radius 3 is 1.31 bits per heavy atom. The topological polar surface area (TPSA) is 49.3 Å². The average Bonchev–Trinajstić information content (AvgIpc) is 2.92. The molecule has 2 N–H and O–H groups in total. The molecule has 1 aromatic carbocycles. The Morgan fingerprint density at radius 1 is 0.643 bits per heavy atom. The second-order valence-electron chi connectivity index (χ2n) is 10.2. The number of rotatable bonds is 3. The van der Waals surface area contributed by atoms with Crippen LogP contribution in [0, 0.1) is 131 Å². The van der Waals surface area contributed by atoms with E-state index in [1.807, 2.05) is 12.1 Å². The number of nitrogens with one attached hydrogen (secondary N) is 1. The summed E-state index contributed by atoms with van der Waals surface area (Å²) in [7, 11) is 0. The summed E-state index contributed by atoms with van der Waals surface area (Å²) in [6, 6.07) is 6.46. The molecule has 0 fully saturated rings. The van der Waals surface area contributed by atoms with Crippen molar-refractivity contribution in [3.8, 4) is 137 Å². The Bertz CT molecular complexity index is 1870. The van der Waals surface area contributed by atoms with E-state index in [4.69, 9.17) is 6.42 Å². The van der Waals surface area contributed by atoms with Crippen LogP contribution < -0.4 is 5.32 Å². The Morgan fingerprint density at radius 2 is 0.976 bits per heavy atom. The summed E-state index contributed by atoms with van der Waals surface area (Å²) in [4.78, 5) is 12.2. The number of phenols is 1. The fourth-order valence-corrected chi connectivity index (χ4v) is 3.00. The number of amides is 1. The van der Waals surface area contributed by atoms with Crippen LogP contribution in [0.3, 0.4) is 0 Å². The molecular weight excluding hydrogens is 514 g/mol. The van der Waals surface area contributed by atoms with E-state index in [1.165, 1.54) is 0 Å². The standard InChI is InChI=1S/C39H27NO2/c1-8-9-10-11-12-13-14-15-16-17-18-19-20-21-22-23-24-25-26-27-30-40-36(41)29-28-33-31-34(38(2,3)4)37(42)35(32-33)39(5,6)7/h1,31-32,42H,28-29H2,2-7H3,(H,40,41). The summed E-state index contributed by atoms with van der Waals surface area (Å²) in [6.07, 6.45) is 5.72. The molecule has 3 heteroatoms. The van der Waals surface area contributed by atoms with Crippen LogP contribution in [0.5, 0.6) is 5.75 Å². The smallest absolute Gasteiger partial charge is 0.231 e. The highest BCUT2D eigenvalue weighted by molar-refractivity contribution is 5.78. The molecule has 0 saturated carbocycles. The van der Waals surface area contributed by atoms with Crippen LogP contribution in [-0.2, 0) is 22.0 Å². The van der Waals surface area contributed by atoms with Gasteiger partial charge in [-0.25, -0.2) is 0 Å². The monoisotopic (exact) mass is 541 g/mol. The van der Waals surface area contributed by atoms with Crippen LogP contribution in [0.1, 0.15) is 64.7 Å². The normalized spacial score (nSPS) is 8.12. The number of aryl methyl sites for hydroxylation is 1. The first-order chi connectivity index (χ1) is 20.0. The average molecular weight is 542 g/mol. The Balaban J connectivity index is 2.60. The second kappa shape index (κ2) is 18.0. The molecule has 0 aromatic heterocycles. The third-order valence-electron chi connectivity index (χ3n) is 4.89. The summed E-state index contributed by atoms with van der Waals surface area (Å²) in [5.41, 5.74) is 2.26. The van der Waals surface area contributed by atoms with Crippen molar-refractivity contribution in [2.24, 2.45) is 0 Å². The highest BCUT2D eigenvalue weighted by Crippen LogP contribution is 2.39. The molecule has 0 heterocycles. The largest absolute Gasteiger partial charge is 0.507 e. The first kappa shape index (κ1) is 33.7. The van der Waals surface area contributed by atoms with Crippen molar-refractivity contribution in [3.05, 3.63) is 28.8 Å². The van der Waals surface area contributed by atoms with Crippen molar-refractivity contribution in [2.75, 3.05) is 0 Å². The number of hydrogen-bond donors (Lipinski definition) is 2. The molecule has 0 aliphatic rings. The van der Waals surface area contributed by atoms with E-state index in [0.717, 1.165) is 16.7 Å². The molecule has 1 rings (SSSR count). The lowest BCUT2D eigenvalue weighted by Crippen LogP contribution is -2.20. The van der Waals surface area contributed by atoms with E-state index in [0.29, 0.717) is 12.2 Å². The minimum absolute atomic E-state index is 0.221. The SMILES string of the molecule is C#CC#CC#CC#CC#CC#CC#CC#CC#CC#CC#CNC(=O)CCc1cc(C(C)(C)C)c(O)c(C(C)(C)C)c1. The van der Waals surface area contributed by atoms with Crippen molar-refractivity contribution in [3.63, 3.8) is 0 Å². The van der Waals surface area contributed by atoms with Gasteiger partial charge in [-0.3, -0.25) is 10.1 Å². The Labute approximate surface area is 251 Å². The predicted octanol–water partition coefficient (Wildman–Crippen LogP) is 3.66. The van der Waals surface area contributed by atoms with Crippen LogP contribution in [0.2, 0.25) is 0 Å². The highest BCUT2D eigenvalue weighted by atomic mass is 16.3. The lowest BCUT2D eigenvalue weighted by atomic mass is 9.78. The van der Waals surface area contributed by atoms with Gasteiger partial charge in [0.05, 0.1) is 0 Å². The minimum atomic E-state index is -0.230. The van der Waals surface area contributed by atoms with Gasteiger partial charge in [0.1, 0.15) is 5.75 Å². The minimum Gasteiger partial charge on any atom is -0.507 e. The molecule has 0 saturated heterocycles. The number of terminal acetylenes is 1. The maximum atomic E-state index is 12.2. The second-order valence-corrected chi connectivity index (χ2v) is 10.2. The van der Waals surface area contributed by atoms with Crippen molar-refractivity contribution < 1.29 is 9.90 Å². The van der Waals surface area contributed by atoms with Gasteiger partial charge in [0.15, 0.2) is 0 Å². The van der Waals surface area contributed by atoms with Gasteiger partial charge in [0.2, 0.25) is 5.91 Å². The third-order valence-corrected chi connectivity index (χ3v) is 4.89. The molecule has 0 spiro atoms. The van der Waals surface area contributed by atoms with Crippen molar-refractivity contribution in [1.82, 2.24) is 5.32 Å². The van der Waals surface area contributed by atoms with E-state index < -0.39 is 0 Å². The molecule has 3 nitrogen and oxygen atoms in total. The van der Waals surface area contributed by atoms with Crippen LogP contribution in [0.4, 0.5) is 0 Å². The van der Waals surface area contributed by atoms with Crippen LogP contribution in [0.25, 0.3) is 0 Å². The van der Waals surface area contributed by atoms with Gasteiger partial charge >= 0.3 is 0 Å². The lowest BCUT2D eigenvalue weighted by molar-refractivity contribution is -0.119. The molecular formula is C39H27NO2. The summed E-state index contributed by atoms with van der Waals surface area (Å²) in [5.74, 6) is 49.4. The van der Waals surface area contributed by atoms with Gasteiger partial charge in [0, 0.05) is 83.5 Å².